The highest BCUT2D eigenvalue weighted by atomic mass is 32.2. The number of benzene rings is 2. The Morgan fingerprint density at radius 3 is 2.35 bits per heavy atom. The van der Waals surface area contributed by atoms with Crippen LogP contribution < -0.4 is 4.90 Å². The molecular weight excluding hydrogens is 346 g/mol. The molecule has 1 saturated heterocycles. The van der Waals surface area contributed by atoms with E-state index in [2.05, 4.69) is 4.98 Å². The van der Waals surface area contributed by atoms with Crippen LogP contribution >= 0.6 is 0 Å². The second-order valence-corrected chi connectivity index (χ2v) is 8.63. The summed E-state index contributed by atoms with van der Waals surface area (Å²) in [5.74, 6) is 0. The lowest BCUT2D eigenvalue weighted by Crippen LogP contribution is -3.13. The zero-order valence-corrected chi connectivity index (χ0v) is 15.3. The highest BCUT2D eigenvalue weighted by Crippen LogP contribution is 2.21. The van der Waals surface area contributed by atoms with E-state index in [0.717, 1.165) is 30.4 Å². The van der Waals surface area contributed by atoms with Gasteiger partial charge in [-0.1, -0.05) is 30.3 Å². The summed E-state index contributed by atoms with van der Waals surface area (Å²) in [5, 5.41) is 2.01. The van der Waals surface area contributed by atoms with Crippen molar-refractivity contribution >= 4 is 20.8 Å². The molecule has 6 heteroatoms. The van der Waals surface area contributed by atoms with Gasteiger partial charge in [0.05, 0.1) is 31.1 Å². The maximum Gasteiger partial charge on any atom is 0.243 e. The lowest BCUT2D eigenvalue weighted by atomic mass is 10.1. The third kappa shape index (κ3) is 3.49. The average molecular weight is 368 g/mol. The minimum absolute atomic E-state index is 0.383. The molecule has 1 N–H and O–H groups in total. The van der Waals surface area contributed by atoms with Crippen molar-refractivity contribution in [2.45, 2.75) is 11.4 Å². The maximum atomic E-state index is 13.0. The zero-order chi connectivity index (χ0) is 18.0. The second kappa shape index (κ2) is 7.15. The van der Waals surface area contributed by atoms with Crippen LogP contribution in [0.5, 0.6) is 0 Å². The molecule has 0 saturated carbocycles. The number of rotatable bonds is 4. The van der Waals surface area contributed by atoms with Crippen molar-refractivity contribution in [3.63, 3.8) is 0 Å². The van der Waals surface area contributed by atoms with Gasteiger partial charge in [0, 0.05) is 18.0 Å². The van der Waals surface area contributed by atoms with Gasteiger partial charge < -0.3 is 4.90 Å². The molecule has 1 aliphatic heterocycles. The van der Waals surface area contributed by atoms with Crippen LogP contribution in [0.4, 0.5) is 0 Å². The Morgan fingerprint density at radius 2 is 1.62 bits per heavy atom. The van der Waals surface area contributed by atoms with E-state index in [1.54, 1.807) is 28.8 Å². The minimum atomic E-state index is -3.44. The number of piperazine rings is 1. The molecule has 134 valence electrons. The number of sulfonamides is 1. The number of nitrogens with zero attached hydrogens (tertiary/aromatic N) is 2. The summed E-state index contributed by atoms with van der Waals surface area (Å²) in [6.07, 6.45) is 3.60. The number of hydrogen-bond donors (Lipinski definition) is 1. The van der Waals surface area contributed by atoms with Gasteiger partial charge in [0.1, 0.15) is 6.54 Å². The number of fused-ring (bicyclic) bond motifs is 1. The molecule has 26 heavy (non-hydrogen) atoms. The van der Waals surface area contributed by atoms with Gasteiger partial charge in [0.15, 0.2) is 0 Å². The predicted octanol–water partition coefficient (Wildman–Crippen LogP) is 1.32. The summed E-state index contributed by atoms with van der Waals surface area (Å²) in [6.45, 7) is 3.64. The van der Waals surface area contributed by atoms with E-state index >= 15 is 0 Å². The van der Waals surface area contributed by atoms with Crippen LogP contribution in [0.3, 0.4) is 0 Å². The maximum absolute atomic E-state index is 13.0. The Hall–Kier alpha value is -2.28. The molecule has 0 amide bonds. The van der Waals surface area contributed by atoms with Crippen molar-refractivity contribution in [1.29, 1.82) is 0 Å². The molecule has 0 unspecified atom stereocenters. The summed E-state index contributed by atoms with van der Waals surface area (Å²) >= 11 is 0. The first kappa shape index (κ1) is 17.1. The van der Waals surface area contributed by atoms with Gasteiger partial charge in [0.25, 0.3) is 0 Å². The fraction of sp³-hybridized carbons (Fsp3) is 0.250. The number of nitrogens with one attached hydrogen (secondary N) is 1. The normalized spacial score (nSPS) is 16.8. The first-order chi connectivity index (χ1) is 12.6. The number of quaternary nitrogens is 1. The SMILES string of the molecule is O=S(=O)(c1ccc2ccccc2c1)N1CC[NH+](Cc2ccncc2)CC1. The van der Waals surface area contributed by atoms with Gasteiger partial charge >= 0.3 is 0 Å². The Balaban J connectivity index is 1.47. The molecule has 0 spiro atoms. The topological polar surface area (TPSA) is 54.7 Å². The Bertz CT molecular complexity index is 998. The number of pyridine rings is 1. The third-order valence-electron chi connectivity index (χ3n) is 4.99. The van der Waals surface area contributed by atoms with Crippen molar-refractivity contribution in [3.8, 4) is 0 Å². The first-order valence-electron chi connectivity index (χ1n) is 8.84. The molecule has 1 fully saturated rings. The zero-order valence-electron chi connectivity index (χ0n) is 14.5. The van der Waals surface area contributed by atoms with Crippen LogP contribution in [0.2, 0.25) is 0 Å². The lowest BCUT2D eigenvalue weighted by molar-refractivity contribution is -0.917. The molecule has 2 aromatic carbocycles. The number of hydrogen-bond acceptors (Lipinski definition) is 3. The Labute approximate surface area is 153 Å². The summed E-state index contributed by atoms with van der Waals surface area (Å²) in [4.78, 5) is 5.83. The van der Waals surface area contributed by atoms with Crippen molar-refractivity contribution in [1.82, 2.24) is 9.29 Å². The summed E-state index contributed by atoms with van der Waals surface area (Å²) < 4.78 is 27.6. The van der Waals surface area contributed by atoms with Crippen LogP contribution in [-0.4, -0.2) is 43.9 Å². The molecule has 0 radical (unpaired) electrons. The van der Waals surface area contributed by atoms with Crippen LogP contribution in [0, 0.1) is 0 Å². The average Bonchev–Trinajstić information content (AvgIpc) is 2.69. The summed E-state index contributed by atoms with van der Waals surface area (Å²) in [7, 11) is -3.44. The fourth-order valence-electron chi connectivity index (χ4n) is 3.49. The quantitative estimate of drug-likeness (QED) is 0.756. The van der Waals surface area contributed by atoms with Crippen molar-refractivity contribution in [2.24, 2.45) is 0 Å². The molecule has 0 atom stereocenters. The van der Waals surface area contributed by atoms with E-state index in [1.807, 2.05) is 42.5 Å². The first-order valence-corrected chi connectivity index (χ1v) is 10.3. The third-order valence-corrected chi connectivity index (χ3v) is 6.89. The lowest BCUT2D eigenvalue weighted by Gasteiger charge is -2.31. The Morgan fingerprint density at radius 1 is 0.923 bits per heavy atom. The molecule has 5 nitrogen and oxygen atoms in total. The van der Waals surface area contributed by atoms with E-state index in [4.69, 9.17) is 0 Å². The smallest absolute Gasteiger partial charge is 0.243 e. The van der Waals surface area contributed by atoms with Crippen molar-refractivity contribution in [2.75, 3.05) is 26.2 Å². The van der Waals surface area contributed by atoms with E-state index in [9.17, 15) is 8.42 Å². The standard InChI is InChI=1S/C20H21N3O2S/c24-26(25,20-6-5-18-3-1-2-4-19(18)15-20)23-13-11-22(12-14-23)16-17-7-9-21-10-8-17/h1-10,15H,11-14,16H2/p+1. The monoisotopic (exact) mass is 368 g/mol. The molecule has 0 bridgehead atoms. The van der Waals surface area contributed by atoms with Gasteiger partial charge in [-0.2, -0.15) is 4.31 Å². The van der Waals surface area contributed by atoms with Gasteiger partial charge in [-0.3, -0.25) is 4.98 Å². The Kier molecular flexibility index (Phi) is 4.72. The molecule has 4 rings (SSSR count). The summed E-state index contributed by atoms with van der Waals surface area (Å²) in [5.41, 5.74) is 1.24. The fourth-order valence-corrected chi connectivity index (χ4v) is 4.96. The van der Waals surface area contributed by atoms with E-state index in [1.165, 1.54) is 10.5 Å². The van der Waals surface area contributed by atoms with Gasteiger partial charge in [0.2, 0.25) is 10.0 Å². The van der Waals surface area contributed by atoms with Gasteiger partial charge in [-0.15, -0.1) is 0 Å². The highest BCUT2D eigenvalue weighted by Gasteiger charge is 2.30. The molecular formula is C20H22N3O2S+. The van der Waals surface area contributed by atoms with Crippen LogP contribution in [0.25, 0.3) is 10.8 Å². The second-order valence-electron chi connectivity index (χ2n) is 6.70. The van der Waals surface area contributed by atoms with Gasteiger partial charge in [-0.05, 0) is 35.0 Å². The van der Waals surface area contributed by atoms with Crippen LogP contribution in [0.1, 0.15) is 5.56 Å². The molecule has 1 aromatic heterocycles. The highest BCUT2D eigenvalue weighted by molar-refractivity contribution is 7.89. The van der Waals surface area contributed by atoms with Crippen LogP contribution in [-0.2, 0) is 16.6 Å². The van der Waals surface area contributed by atoms with E-state index < -0.39 is 10.0 Å². The minimum Gasteiger partial charge on any atom is -0.329 e. The summed E-state index contributed by atoms with van der Waals surface area (Å²) in [6, 6.07) is 17.2. The van der Waals surface area contributed by atoms with Crippen LogP contribution in [0.15, 0.2) is 71.9 Å². The van der Waals surface area contributed by atoms with Gasteiger partial charge in [-0.25, -0.2) is 8.42 Å². The van der Waals surface area contributed by atoms with E-state index in [0.29, 0.717) is 18.0 Å². The molecule has 0 aliphatic carbocycles. The molecule has 3 aromatic rings. The molecule has 2 heterocycles. The van der Waals surface area contributed by atoms with Crippen molar-refractivity contribution < 1.29 is 13.3 Å². The van der Waals surface area contributed by atoms with Crippen molar-refractivity contribution in [3.05, 3.63) is 72.6 Å². The molecule has 1 aliphatic rings. The predicted molar refractivity (Wildman–Crippen MR) is 101 cm³/mol. The largest absolute Gasteiger partial charge is 0.329 e. The van der Waals surface area contributed by atoms with E-state index in [-0.39, 0.29) is 0 Å². The number of aromatic nitrogens is 1.